The fourth-order valence-corrected chi connectivity index (χ4v) is 4.80. The van der Waals surface area contributed by atoms with Crippen LogP contribution in [-0.2, 0) is 18.3 Å². The van der Waals surface area contributed by atoms with Crippen LogP contribution in [0.5, 0.6) is 5.88 Å². The van der Waals surface area contributed by atoms with Crippen molar-refractivity contribution >= 4 is 17.7 Å². The molecule has 4 rings (SSSR count). The van der Waals surface area contributed by atoms with E-state index >= 15 is 0 Å². The van der Waals surface area contributed by atoms with Crippen molar-refractivity contribution in [3.63, 3.8) is 0 Å². The van der Waals surface area contributed by atoms with Crippen LogP contribution in [0.1, 0.15) is 70.0 Å². The number of hydrogen-bond donors (Lipinski definition) is 2. The Morgan fingerprint density at radius 1 is 1.14 bits per heavy atom. The topological polar surface area (TPSA) is 88.5 Å². The van der Waals surface area contributed by atoms with Crippen LogP contribution in [0, 0.1) is 0 Å². The summed E-state index contributed by atoms with van der Waals surface area (Å²) in [5.41, 5.74) is 4.89. The van der Waals surface area contributed by atoms with Gasteiger partial charge >= 0.3 is 5.97 Å². The third-order valence-corrected chi connectivity index (χ3v) is 6.04. The molecule has 0 saturated carbocycles. The fraction of sp³-hybridized carbons (Fsp3) is 0.409. The number of carbonyl (C=O) groups is 2. The van der Waals surface area contributed by atoms with E-state index in [0.717, 1.165) is 25.7 Å². The van der Waals surface area contributed by atoms with E-state index in [1.807, 2.05) is 12.1 Å². The average molecular weight is 380 g/mol. The zero-order chi connectivity index (χ0) is 19.9. The van der Waals surface area contributed by atoms with Crippen LogP contribution in [0.15, 0.2) is 24.3 Å². The first kappa shape index (κ1) is 18.5. The number of amides is 1. The molecule has 1 heterocycles. The Morgan fingerprint density at radius 3 is 2.36 bits per heavy atom. The van der Waals surface area contributed by atoms with Crippen LogP contribution < -0.4 is 10.1 Å². The lowest BCUT2D eigenvalue weighted by atomic mass is 9.63. The van der Waals surface area contributed by atoms with Crippen molar-refractivity contribution in [1.29, 1.82) is 0 Å². The van der Waals surface area contributed by atoms with Crippen LogP contribution in [0.25, 0.3) is 0 Å². The first-order chi connectivity index (χ1) is 13.4. The molecule has 6 nitrogen and oxygen atoms in total. The molecule has 0 radical (unpaired) electrons. The normalized spacial score (nSPS) is 16.8. The molecule has 0 atom stereocenters. The lowest BCUT2D eigenvalue weighted by Crippen LogP contribution is -2.33. The first-order valence-corrected chi connectivity index (χ1v) is 9.67. The summed E-state index contributed by atoms with van der Waals surface area (Å²) in [5, 5.41) is 11.9. The predicted octanol–water partition coefficient (Wildman–Crippen LogP) is 3.97. The third-order valence-electron chi connectivity index (χ3n) is 6.04. The molecular formula is C22H24N2O4. The van der Waals surface area contributed by atoms with Crippen LogP contribution in [-0.4, -0.2) is 29.1 Å². The van der Waals surface area contributed by atoms with E-state index in [9.17, 15) is 9.59 Å². The Kier molecular flexibility index (Phi) is 4.57. The minimum absolute atomic E-state index is 0.0263. The highest BCUT2D eigenvalue weighted by Crippen LogP contribution is 2.46. The molecule has 0 aliphatic heterocycles. The molecule has 28 heavy (non-hydrogen) atoms. The number of benzene rings is 1. The van der Waals surface area contributed by atoms with Crippen LogP contribution in [0.4, 0.5) is 5.82 Å². The smallest absolute Gasteiger partial charge is 0.341 e. The van der Waals surface area contributed by atoms with E-state index in [0.29, 0.717) is 5.56 Å². The molecule has 0 saturated heterocycles. The van der Waals surface area contributed by atoms with Crippen molar-refractivity contribution in [1.82, 2.24) is 4.98 Å². The number of aromatic nitrogens is 1. The van der Waals surface area contributed by atoms with Crippen molar-refractivity contribution < 1.29 is 19.4 Å². The van der Waals surface area contributed by atoms with Crippen molar-refractivity contribution in [2.24, 2.45) is 0 Å². The summed E-state index contributed by atoms with van der Waals surface area (Å²) in [6.45, 7) is 2.35. The Hall–Kier alpha value is -2.89. The number of hydrogen-bond acceptors (Lipinski definition) is 4. The molecule has 0 unspecified atom stereocenters. The van der Waals surface area contributed by atoms with Gasteiger partial charge in [0.1, 0.15) is 11.4 Å². The highest BCUT2D eigenvalue weighted by atomic mass is 16.5. The van der Waals surface area contributed by atoms with Gasteiger partial charge < -0.3 is 15.2 Å². The summed E-state index contributed by atoms with van der Waals surface area (Å²) in [6.07, 6.45) is 6.78. The third kappa shape index (κ3) is 3.13. The Balaban J connectivity index is 1.64. The Labute approximate surface area is 163 Å². The van der Waals surface area contributed by atoms with Gasteiger partial charge in [0.25, 0.3) is 5.91 Å². The number of nitrogens with zero attached hydrogens (tertiary/aromatic N) is 1. The lowest BCUT2D eigenvalue weighted by Gasteiger charge is -2.41. The number of anilines is 1. The lowest BCUT2D eigenvalue weighted by molar-refractivity contribution is 0.0692. The number of methoxy groups -OCH3 is 1. The van der Waals surface area contributed by atoms with E-state index < -0.39 is 5.97 Å². The highest BCUT2D eigenvalue weighted by Gasteiger charge is 2.36. The summed E-state index contributed by atoms with van der Waals surface area (Å²) in [4.78, 5) is 28.2. The van der Waals surface area contributed by atoms with Gasteiger partial charge in [-0.25, -0.2) is 4.79 Å². The largest absolute Gasteiger partial charge is 0.480 e. The van der Waals surface area contributed by atoms with E-state index in [4.69, 9.17) is 9.84 Å². The Bertz CT molecular complexity index is 936. The maximum atomic E-state index is 12.9. The predicted molar refractivity (Wildman–Crippen MR) is 105 cm³/mol. The van der Waals surface area contributed by atoms with Crippen molar-refractivity contribution in [2.45, 2.75) is 50.9 Å². The number of aromatic carboxylic acids is 1. The molecule has 2 aliphatic carbocycles. The number of ether oxygens (including phenoxy) is 1. The fourth-order valence-electron chi connectivity index (χ4n) is 4.80. The molecule has 0 spiro atoms. The van der Waals surface area contributed by atoms with Gasteiger partial charge in [0.15, 0.2) is 0 Å². The van der Waals surface area contributed by atoms with Crippen LogP contribution in [0.2, 0.25) is 0 Å². The molecule has 0 bridgehead atoms. The first-order valence-electron chi connectivity index (χ1n) is 9.67. The number of carboxylic acid groups (broad SMARTS) is 1. The second-order valence-electron chi connectivity index (χ2n) is 7.95. The molecule has 2 aromatic rings. The monoisotopic (exact) mass is 380 g/mol. The maximum Gasteiger partial charge on any atom is 0.341 e. The average Bonchev–Trinajstić information content (AvgIpc) is 2.67. The molecule has 2 N–H and O–H groups in total. The van der Waals surface area contributed by atoms with Gasteiger partial charge in [0, 0.05) is 5.56 Å². The highest BCUT2D eigenvalue weighted by molar-refractivity contribution is 6.04. The summed E-state index contributed by atoms with van der Waals surface area (Å²) in [7, 11) is 1.35. The molecule has 1 aromatic carbocycles. The van der Waals surface area contributed by atoms with Gasteiger partial charge in [-0.2, -0.15) is 4.98 Å². The second-order valence-corrected chi connectivity index (χ2v) is 7.95. The van der Waals surface area contributed by atoms with Crippen molar-refractivity contribution in [2.75, 3.05) is 12.4 Å². The summed E-state index contributed by atoms with van der Waals surface area (Å²) in [6, 6.07) is 6.88. The van der Waals surface area contributed by atoms with Gasteiger partial charge in [-0.3, -0.25) is 4.79 Å². The zero-order valence-electron chi connectivity index (χ0n) is 16.2. The van der Waals surface area contributed by atoms with Crippen LogP contribution >= 0.6 is 0 Å². The number of pyridine rings is 1. The van der Waals surface area contributed by atoms with Gasteiger partial charge in [-0.1, -0.05) is 6.92 Å². The second kappa shape index (κ2) is 6.93. The molecule has 146 valence electrons. The minimum atomic E-state index is -1.13. The number of rotatable bonds is 4. The molecule has 6 heteroatoms. The molecule has 1 amide bonds. The Morgan fingerprint density at radius 2 is 1.79 bits per heavy atom. The number of nitrogens with one attached hydrogen (secondary N) is 1. The number of aryl methyl sites for hydroxylation is 2. The minimum Gasteiger partial charge on any atom is -0.480 e. The SMILES string of the molecule is COc1nc(NC(=O)c2cc3c4c(c2)CCCC4(C)CCC3)ccc1C(=O)O. The zero-order valence-corrected chi connectivity index (χ0v) is 16.2. The summed E-state index contributed by atoms with van der Waals surface area (Å²) >= 11 is 0. The van der Waals surface area contributed by atoms with Crippen LogP contribution in [0.3, 0.4) is 0 Å². The molecular weight excluding hydrogens is 356 g/mol. The summed E-state index contributed by atoms with van der Waals surface area (Å²) < 4.78 is 5.03. The maximum absolute atomic E-state index is 12.9. The standard InChI is InChI=1S/C22H24N2O4/c1-22-9-3-5-13-11-15(12-14(18(13)22)6-4-10-22)19(25)23-17-8-7-16(21(26)27)20(24-17)28-2/h7-8,11-12H,3-6,9-10H2,1-2H3,(H,26,27)(H,23,24,25). The molecule has 0 fully saturated rings. The van der Waals surface area contributed by atoms with Crippen molar-refractivity contribution in [3.05, 3.63) is 52.1 Å². The van der Waals surface area contributed by atoms with Crippen molar-refractivity contribution in [3.8, 4) is 5.88 Å². The van der Waals surface area contributed by atoms with Gasteiger partial charge in [-0.05, 0) is 84.9 Å². The van der Waals surface area contributed by atoms with E-state index in [2.05, 4.69) is 17.2 Å². The van der Waals surface area contributed by atoms with Gasteiger partial charge in [0.05, 0.1) is 7.11 Å². The van der Waals surface area contributed by atoms with E-state index in [1.54, 1.807) is 0 Å². The number of carboxylic acids is 1. The van der Waals surface area contributed by atoms with Gasteiger partial charge in [0.2, 0.25) is 5.88 Å². The summed E-state index contributed by atoms with van der Waals surface area (Å²) in [5.74, 6) is -1.13. The molecule has 1 aromatic heterocycles. The van der Waals surface area contributed by atoms with E-state index in [1.165, 1.54) is 48.8 Å². The number of carbonyl (C=O) groups excluding carboxylic acids is 1. The van der Waals surface area contributed by atoms with Gasteiger partial charge in [-0.15, -0.1) is 0 Å². The molecule has 2 aliphatic rings. The van der Waals surface area contributed by atoms with E-state index in [-0.39, 0.29) is 28.6 Å². The quantitative estimate of drug-likeness (QED) is 0.838.